The van der Waals surface area contributed by atoms with Crippen molar-refractivity contribution in [2.45, 2.75) is 19.6 Å². The molecule has 0 aliphatic carbocycles. The van der Waals surface area contributed by atoms with E-state index in [4.69, 9.17) is 16.3 Å². The zero-order chi connectivity index (χ0) is 21.3. The average molecular weight is 422 g/mol. The van der Waals surface area contributed by atoms with E-state index in [0.29, 0.717) is 23.9 Å². The maximum atomic E-state index is 10.4. The van der Waals surface area contributed by atoms with Crippen molar-refractivity contribution < 1.29 is 9.84 Å². The topological polar surface area (TPSA) is 32.7 Å². The zero-order valence-electron chi connectivity index (χ0n) is 17.3. The Morgan fingerprint density at radius 2 is 1.73 bits per heavy atom. The van der Waals surface area contributed by atoms with Crippen LogP contribution in [0, 0.1) is 6.92 Å². The molecule has 3 aromatic carbocycles. The second-order valence-corrected chi connectivity index (χ2v) is 7.85. The maximum absolute atomic E-state index is 10.4. The highest BCUT2D eigenvalue weighted by Gasteiger charge is 2.13. The number of hydrogen-bond donors (Lipinski definition) is 1. The van der Waals surface area contributed by atoms with Gasteiger partial charge in [0.2, 0.25) is 0 Å². The van der Waals surface area contributed by atoms with E-state index in [9.17, 15) is 5.11 Å². The molecule has 156 valence electrons. The van der Waals surface area contributed by atoms with E-state index in [1.165, 1.54) is 22.3 Å². The molecule has 3 rings (SSSR count). The van der Waals surface area contributed by atoms with E-state index < -0.39 is 6.10 Å². The number of hydrogen-bond acceptors (Lipinski definition) is 3. The molecule has 0 amide bonds. The maximum Gasteiger partial charge on any atom is 0.119 e. The second kappa shape index (κ2) is 11.0. The van der Waals surface area contributed by atoms with Crippen LogP contribution in [-0.4, -0.2) is 35.8 Å². The lowest BCUT2D eigenvalue weighted by molar-refractivity contribution is 0.0696. The molecule has 0 aliphatic heterocycles. The zero-order valence-corrected chi connectivity index (χ0v) is 18.1. The van der Waals surface area contributed by atoms with Gasteiger partial charge in [0.05, 0.1) is 0 Å². The largest absolute Gasteiger partial charge is 0.491 e. The number of ether oxygens (including phenoxy) is 1. The van der Waals surface area contributed by atoms with Crippen molar-refractivity contribution in [1.29, 1.82) is 0 Å². The first-order valence-electron chi connectivity index (χ1n) is 10.1. The van der Waals surface area contributed by atoms with E-state index in [0.717, 1.165) is 6.54 Å². The molecular formula is C26H28ClNO2. The Kier molecular flexibility index (Phi) is 8.09. The van der Waals surface area contributed by atoms with Crippen LogP contribution in [0.1, 0.15) is 11.1 Å². The average Bonchev–Trinajstić information content (AvgIpc) is 2.74. The van der Waals surface area contributed by atoms with Crippen LogP contribution in [0.5, 0.6) is 5.75 Å². The summed E-state index contributed by atoms with van der Waals surface area (Å²) in [6.07, 6.45) is 1.25. The Morgan fingerprint density at radius 3 is 2.40 bits per heavy atom. The standard InChI is InChI=1S/C26H28ClNO2/c1-3-16-28(18-24(29)19-30-25-14-12-23(27)13-15-25)17-21-8-10-22(11-9-21)26-7-5-4-6-20(26)2/h3-15,24,29H,1,16-19H2,2H3. The van der Waals surface area contributed by atoms with Gasteiger partial charge in [-0.1, -0.05) is 66.2 Å². The third-order valence-corrected chi connectivity index (χ3v) is 5.18. The van der Waals surface area contributed by atoms with E-state index in [2.05, 4.69) is 66.9 Å². The van der Waals surface area contributed by atoms with Crippen molar-refractivity contribution in [3.63, 3.8) is 0 Å². The molecule has 0 saturated carbocycles. The number of aryl methyl sites for hydroxylation is 1. The molecule has 1 atom stereocenters. The van der Waals surface area contributed by atoms with Gasteiger partial charge in [-0.3, -0.25) is 4.90 Å². The van der Waals surface area contributed by atoms with E-state index in [-0.39, 0.29) is 6.61 Å². The third kappa shape index (κ3) is 6.46. The highest BCUT2D eigenvalue weighted by Crippen LogP contribution is 2.23. The van der Waals surface area contributed by atoms with Crippen LogP contribution in [0.3, 0.4) is 0 Å². The van der Waals surface area contributed by atoms with Crippen LogP contribution in [0.4, 0.5) is 0 Å². The Balaban J connectivity index is 1.57. The summed E-state index contributed by atoms with van der Waals surface area (Å²) in [5, 5.41) is 11.1. The molecule has 0 aliphatic rings. The lowest BCUT2D eigenvalue weighted by atomic mass is 9.99. The predicted octanol–water partition coefficient (Wildman–Crippen LogP) is 5.74. The van der Waals surface area contributed by atoms with Crippen molar-refractivity contribution >= 4 is 11.6 Å². The van der Waals surface area contributed by atoms with Gasteiger partial charge in [0.1, 0.15) is 18.5 Å². The fourth-order valence-electron chi connectivity index (χ4n) is 3.40. The molecule has 3 nitrogen and oxygen atoms in total. The summed E-state index contributed by atoms with van der Waals surface area (Å²) in [6, 6.07) is 24.1. The Bertz CT molecular complexity index is 938. The number of rotatable bonds is 10. The molecule has 0 saturated heterocycles. The van der Waals surface area contributed by atoms with Gasteiger partial charge in [0.25, 0.3) is 0 Å². The highest BCUT2D eigenvalue weighted by molar-refractivity contribution is 6.30. The summed E-state index contributed by atoms with van der Waals surface area (Å²) in [6.45, 7) is 8.12. The third-order valence-electron chi connectivity index (χ3n) is 4.93. The van der Waals surface area contributed by atoms with Crippen LogP contribution in [-0.2, 0) is 6.54 Å². The summed E-state index contributed by atoms with van der Waals surface area (Å²) >= 11 is 5.89. The van der Waals surface area contributed by atoms with Gasteiger partial charge in [-0.25, -0.2) is 0 Å². The van der Waals surface area contributed by atoms with Gasteiger partial charge in [0, 0.05) is 24.7 Å². The predicted molar refractivity (Wildman–Crippen MR) is 125 cm³/mol. The van der Waals surface area contributed by atoms with Crippen LogP contribution in [0.2, 0.25) is 5.02 Å². The van der Waals surface area contributed by atoms with Crippen LogP contribution >= 0.6 is 11.6 Å². The Hall–Kier alpha value is -2.59. The monoisotopic (exact) mass is 421 g/mol. The number of halogens is 1. The number of aliphatic hydroxyl groups excluding tert-OH is 1. The van der Waals surface area contributed by atoms with Crippen molar-refractivity contribution in [3.05, 3.63) is 102 Å². The highest BCUT2D eigenvalue weighted by atomic mass is 35.5. The second-order valence-electron chi connectivity index (χ2n) is 7.41. The van der Waals surface area contributed by atoms with Crippen molar-refractivity contribution in [3.8, 4) is 16.9 Å². The molecule has 4 heteroatoms. The van der Waals surface area contributed by atoms with E-state index in [1.54, 1.807) is 24.3 Å². The molecule has 0 spiro atoms. The molecule has 3 aromatic rings. The minimum atomic E-state index is -0.605. The lowest BCUT2D eigenvalue weighted by Crippen LogP contribution is -2.35. The molecule has 0 bridgehead atoms. The number of benzene rings is 3. The van der Waals surface area contributed by atoms with Gasteiger partial charge in [-0.05, 0) is 53.4 Å². The summed E-state index contributed by atoms with van der Waals surface area (Å²) in [4.78, 5) is 2.16. The molecule has 0 aromatic heterocycles. The fourth-order valence-corrected chi connectivity index (χ4v) is 3.53. The first kappa shape index (κ1) is 22.1. The van der Waals surface area contributed by atoms with Crippen LogP contribution in [0.25, 0.3) is 11.1 Å². The minimum absolute atomic E-state index is 0.224. The SMILES string of the molecule is C=CCN(Cc1ccc(-c2ccccc2C)cc1)CC(O)COc1ccc(Cl)cc1. The van der Waals surface area contributed by atoms with Gasteiger partial charge < -0.3 is 9.84 Å². The van der Waals surface area contributed by atoms with Crippen molar-refractivity contribution in [1.82, 2.24) is 4.90 Å². The molecule has 1 N–H and O–H groups in total. The number of nitrogens with zero attached hydrogens (tertiary/aromatic N) is 1. The van der Waals surface area contributed by atoms with Crippen molar-refractivity contribution in [2.75, 3.05) is 19.7 Å². The fraction of sp³-hybridized carbons (Fsp3) is 0.231. The van der Waals surface area contributed by atoms with Gasteiger partial charge >= 0.3 is 0 Å². The molecule has 1 unspecified atom stereocenters. The van der Waals surface area contributed by atoms with Crippen LogP contribution < -0.4 is 4.74 Å². The van der Waals surface area contributed by atoms with Crippen molar-refractivity contribution in [2.24, 2.45) is 0 Å². The van der Waals surface area contributed by atoms with E-state index in [1.807, 2.05) is 6.08 Å². The first-order chi connectivity index (χ1) is 14.5. The van der Waals surface area contributed by atoms with Gasteiger partial charge in [-0.15, -0.1) is 6.58 Å². The quantitative estimate of drug-likeness (QED) is 0.423. The summed E-state index contributed by atoms with van der Waals surface area (Å²) in [5.41, 5.74) is 4.92. The summed E-state index contributed by atoms with van der Waals surface area (Å²) < 4.78 is 5.67. The van der Waals surface area contributed by atoms with Crippen LogP contribution in [0.15, 0.2) is 85.5 Å². The summed E-state index contributed by atoms with van der Waals surface area (Å²) in [5.74, 6) is 0.695. The molecule has 30 heavy (non-hydrogen) atoms. The normalized spacial score (nSPS) is 12.0. The molecule has 0 fully saturated rings. The summed E-state index contributed by atoms with van der Waals surface area (Å²) in [7, 11) is 0. The minimum Gasteiger partial charge on any atom is -0.491 e. The van der Waals surface area contributed by atoms with E-state index >= 15 is 0 Å². The first-order valence-corrected chi connectivity index (χ1v) is 10.5. The smallest absolute Gasteiger partial charge is 0.119 e. The molecular weight excluding hydrogens is 394 g/mol. The molecule has 0 heterocycles. The lowest BCUT2D eigenvalue weighted by Gasteiger charge is -2.24. The van der Waals surface area contributed by atoms with Gasteiger partial charge in [0.15, 0.2) is 0 Å². The Morgan fingerprint density at radius 1 is 1.03 bits per heavy atom. The molecule has 0 radical (unpaired) electrons. The number of aliphatic hydroxyl groups is 1. The van der Waals surface area contributed by atoms with Gasteiger partial charge in [-0.2, -0.15) is 0 Å². The Labute approximate surface area is 184 Å².